The maximum atomic E-state index is 11.7. The average Bonchev–Trinajstić information content (AvgIpc) is 2.30. The molecular weight excluding hydrogens is 262 g/mol. The van der Waals surface area contributed by atoms with Gasteiger partial charge >= 0.3 is 0 Å². The zero-order valence-electron chi connectivity index (χ0n) is 12.0. The fourth-order valence-electron chi connectivity index (χ4n) is 1.66. The molecule has 1 aromatic carbocycles. The van der Waals surface area contributed by atoms with Crippen molar-refractivity contribution >= 4 is 9.84 Å². The lowest BCUT2D eigenvalue weighted by Gasteiger charge is -2.15. The molecule has 4 nitrogen and oxygen atoms in total. The predicted molar refractivity (Wildman–Crippen MR) is 78.2 cm³/mol. The SMILES string of the molecule is Cc1ccc(OCCS(=O)(=O)C(C)C)c(C(C)N)c1. The summed E-state index contributed by atoms with van der Waals surface area (Å²) in [7, 11) is -3.07. The quantitative estimate of drug-likeness (QED) is 0.870. The van der Waals surface area contributed by atoms with Gasteiger partial charge in [0.05, 0.1) is 11.0 Å². The fraction of sp³-hybridized carbons (Fsp3) is 0.571. The highest BCUT2D eigenvalue weighted by molar-refractivity contribution is 7.91. The number of ether oxygens (including phenoxy) is 1. The van der Waals surface area contributed by atoms with Crippen molar-refractivity contribution in [3.8, 4) is 5.75 Å². The second-order valence-corrected chi connectivity index (χ2v) is 7.77. The summed E-state index contributed by atoms with van der Waals surface area (Å²) < 4.78 is 29.0. The normalized spacial score (nSPS) is 13.6. The lowest BCUT2D eigenvalue weighted by Crippen LogP contribution is -2.22. The molecule has 0 aliphatic carbocycles. The van der Waals surface area contributed by atoms with Crippen molar-refractivity contribution in [2.45, 2.75) is 39.0 Å². The summed E-state index contributed by atoms with van der Waals surface area (Å²) in [4.78, 5) is 0. The van der Waals surface area contributed by atoms with Gasteiger partial charge in [0.15, 0.2) is 9.84 Å². The Labute approximate surface area is 115 Å². The summed E-state index contributed by atoms with van der Waals surface area (Å²) >= 11 is 0. The third kappa shape index (κ3) is 4.51. The maximum Gasteiger partial charge on any atom is 0.155 e. The second-order valence-electron chi connectivity index (χ2n) is 5.09. The minimum atomic E-state index is -3.07. The van der Waals surface area contributed by atoms with E-state index in [0.29, 0.717) is 5.75 Å². The summed E-state index contributed by atoms with van der Waals surface area (Å²) in [6.45, 7) is 7.37. The molecular formula is C14H23NO3S. The van der Waals surface area contributed by atoms with E-state index in [2.05, 4.69) is 0 Å². The van der Waals surface area contributed by atoms with Crippen LogP contribution in [0.2, 0.25) is 0 Å². The molecule has 1 rings (SSSR count). The maximum absolute atomic E-state index is 11.7. The molecule has 0 aliphatic heterocycles. The Bertz CT molecular complexity index is 521. The second kappa shape index (κ2) is 6.39. The Kier molecular flexibility index (Phi) is 5.38. The molecule has 0 radical (unpaired) electrons. The van der Waals surface area contributed by atoms with E-state index in [-0.39, 0.29) is 23.7 Å². The first-order valence-electron chi connectivity index (χ1n) is 6.44. The van der Waals surface area contributed by atoms with E-state index in [9.17, 15) is 8.42 Å². The Morgan fingerprint density at radius 1 is 1.26 bits per heavy atom. The Balaban J connectivity index is 2.74. The van der Waals surface area contributed by atoms with Gasteiger partial charge in [-0.1, -0.05) is 17.7 Å². The van der Waals surface area contributed by atoms with E-state index < -0.39 is 9.84 Å². The van der Waals surface area contributed by atoms with Crippen LogP contribution in [-0.4, -0.2) is 26.0 Å². The van der Waals surface area contributed by atoms with Crippen molar-refractivity contribution in [2.75, 3.05) is 12.4 Å². The minimum Gasteiger partial charge on any atom is -0.492 e. The number of hydrogen-bond donors (Lipinski definition) is 1. The molecule has 1 unspecified atom stereocenters. The van der Waals surface area contributed by atoms with Crippen LogP contribution < -0.4 is 10.5 Å². The largest absolute Gasteiger partial charge is 0.492 e. The average molecular weight is 285 g/mol. The lowest BCUT2D eigenvalue weighted by molar-refractivity contribution is 0.335. The summed E-state index contributed by atoms with van der Waals surface area (Å²) in [5.74, 6) is 0.691. The van der Waals surface area contributed by atoms with Crippen LogP contribution in [0.25, 0.3) is 0 Å². The molecule has 108 valence electrons. The van der Waals surface area contributed by atoms with Crippen molar-refractivity contribution in [3.05, 3.63) is 29.3 Å². The number of hydrogen-bond acceptors (Lipinski definition) is 4. The molecule has 0 aromatic heterocycles. The lowest BCUT2D eigenvalue weighted by atomic mass is 10.1. The number of rotatable bonds is 6. The van der Waals surface area contributed by atoms with E-state index in [1.807, 2.05) is 32.0 Å². The first kappa shape index (κ1) is 16.0. The zero-order valence-corrected chi connectivity index (χ0v) is 12.8. The molecule has 5 heteroatoms. The molecule has 0 heterocycles. The van der Waals surface area contributed by atoms with Crippen molar-refractivity contribution in [1.82, 2.24) is 0 Å². The van der Waals surface area contributed by atoms with Crippen LogP contribution in [0.15, 0.2) is 18.2 Å². The van der Waals surface area contributed by atoms with Gasteiger partial charge in [0.2, 0.25) is 0 Å². The highest BCUT2D eigenvalue weighted by Gasteiger charge is 2.16. The van der Waals surface area contributed by atoms with Crippen LogP contribution in [0.4, 0.5) is 0 Å². The van der Waals surface area contributed by atoms with Gasteiger partial charge in [0.25, 0.3) is 0 Å². The van der Waals surface area contributed by atoms with Crippen LogP contribution in [0.3, 0.4) is 0 Å². The smallest absolute Gasteiger partial charge is 0.155 e. The number of benzene rings is 1. The molecule has 1 aromatic rings. The molecule has 0 saturated heterocycles. The van der Waals surface area contributed by atoms with Gasteiger partial charge < -0.3 is 10.5 Å². The van der Waals surface area contributed by atoms with E-state index in [1.54, 1.807) is 13.8 Å². The van der Waals surface area contributed by atoms with Gasteiger partial charge in [0.1, 0.15) is 12.4 Å². The number of aryl methyl sites for hydroxylation is 1. The van der Waals surface area contributed by atoms with Gasteiger partial charge in [-0.15, -0.1) is 0 Å². The van der Waals surface area contributed by atoms with Gasteiger partial charge in [-0.25, -0.2) is 8.42 Å². The van der Waals surface area contributed by atoms with E-state index in [4.69, 9.17) is 10.5 Å². The van der Waals surface area contributed by atoms with Crippen molar-refractivity contribution in [2.24, 2.45) is 5.73 Å². The standard InChI is InChI=1S/C14H23NO3S/c1-10(2)19(16,17)8-7-18-14-6-5-11(3)9-13(14)12(4)15/h5-6,9-10,12H,7-8,15H2,1-4H3. The zero-order chi connectivity index (χ0) is 14.6. The van der Waals surface area contributed by atoms with E-state index in [1.165, 1.54) is 0 Å². The van der Waals surface area contributed by atoms with Crippen LogP contribution in [0.1, 0.15) is 37.9 Å². The molecule has 1 atom stereocenters. The van der Waals surface area contributed by atoms with Gasteiger partial charge in [0, 0.05) is 11.6 Å². The summed E-state index contributed by atoms with van der Waals surface area (Å²) in [5, 5.41) is -0.373. The number of sulfone groups is 1. The van der Waals surface area contributed by atoms with Gasteiger partial charge in [-0.3, -0.25) is 0 Å². The monoisotopic (exact) mass is 285 g/mol. The summed E-state index contributed by atoms with van der Waals surface area (Å²) in [6, 6.07) is 5.60. The molecule has 0 amide bonds. The van der Waals surface area contributed by atoms with Crippen LogP contribution in [-0.2, 0) is 9.84 Å². The Morgan fingerprint density at radius 2 is 1.89 bits per heavy atom. The van der Waals surface area contributed by atoms with Crippen LogP contribution >= 0.6 is 0 Å². The minimum absolute atomic E-state index is 0.0247. The molecule has 19 heavy (non-hydrogen) atoms. The third-order valence-corrected chi connectivity index (χ3v) is 5.17. The Morgan fingerprint density at radius 3 is 2.42 bits per heavy atom. The third-order valence-electron chi connectivity index (χ3n) is 3.00. The van der Waals surface area contributed by atoms with Crippen molar-refractivity contribution in [1.29, 1.82) is 0 Å². The molecule has 0 aliphatic rings. The van der Waals surface area contributed by atoms with Gasteiger partial charge in [-0.05, 0) is 33.8 Å². The van der Waals surface area contributed by atoms with E-state index >= 15 is 0 Å². The summed E-state index contributed by atoms with van der Waals surface area (Å²) in [5.41, 5.74) is 7.90. The molecule has 0 saturated carbocycles. The molecule has 0 fully saturated rings. The predicted octanol–water partition coefficient (Wildman–Crippen LogP) is 2.22. The first-order chi connectivity index (χ1) is 8.74. The molecule has 2 N–H and O–H groups in total. The van der Waals surface area contributed by atoms with Gasteiger partial charge in [-0.2, -0.15) is 0 Å². The topological polar surface area (TPSA) is 69.4 Å². The molecule has 0 bridgehead atoms. The molecule has 0 spiro atoms. The van der Waals surface area contributed by atoms with Crippen LogP contribution in [0, 0.1) is 6.92 Å². The van der Waals surface area contributed by atoms with Crippen LogP contribution in [0.5, 0.6) is 5.75 Å². The first-order valence-corrected chi connectivity index (χ1v) is 8.16. The van der Waals surface area contributed by atoms with E-state index in [0.717, 1.165) is 11.1 Å². The fourth-order valence-corrected chi connectivity index (χ4v) is 2.45. The highest BCUT2D eigenvalue weighted by atomic mass is 32.2. The Hall–Kier alpha value is -1.07. The number of nitrogens with two attached hydrogens (primary N) is 1. The summed E-state index contributed by atoms with van der Waals surface area (Å²) in [6.07, 6.45) is 0. The van der Waals surface area contributed by atoms with Crippen molar-refractivity contribution < 1.29 is 13.2 Å². The van der Waals surface area contributed by atoms with Crippen molar-refractivity contribution in [3.63, 3.8) is 0 Å². The highest BCUT2D eigenvalue weighted by Crippen LogP contribution is 2.25.